The zero-order valence-electron chi connectivity index (χ0n) is 16.3. The van der Waals surface area contributed by atoms with E-state index >= 15 is 0 Å². The number of methoxy groups -OCH3 is 1. The maximum atomic E-state index is 6.21. The number of para-hydroxylation sites is 1. The number of hydrogen-bond acceptors (Lipinski definition) is 7. The van der Waals surface area contributed by atoms with E-state index in [1.54, 1.807) is 31.4 Å². The summed E-state index contributed by atoms with van der Waals surface area (Å²) in [7, 11) is 1.61. The average Bonchev–Trinajstić information content (AvgIpc) is 2.79. The summed E-state index contributed by atoms with van der Waals surface area (Å²) in [5, 5.41) is 3.18. The lowest BCUT2D eigenvalue weighted by atomic mass is 10.3. The van der Waals surface area contributed by atoms with Crippen molar-refractivity contribution < 1.29 is 14.2 Å². The van der Waals surface area contributed by atoms with E-state index in [0.29, 0.717) is 17.3 Å². The number of aromatic nitrogens is 2. The monoisotopic (exact) mass is 400 g/mol. The molecule has 0 saturated carbocycles. The van der Waals surface area contributed by atoms with Crippen molar-refractivity contribution >= 4 is 17.2 Å². The molecule has 0 aliphatic heterocycles. The first kappa shape index (κ1) is 19.1. The zero-order valence-corrected chi connectivity index (χ0v) is 16.3. The second-order valence-electron chi connectivity index (χ2n) is 6.28. The molecule has 0 aliphatic carbocycles. The highest BCUT2D eigenvalue weighted by Crippen LogP contribution is 2.32. The van der Waals surface area contributed by atoms with Crippen LogP contribution in [0.25, 0.3) is 0 Å². The van der Waals surface area contributed by atoms with Crippen molar-refractivity contribution in [2.45, 2.75) is 0 Å². The van der Waals surface area contributed by atoms with E-state index in [1.165, 1.54) is 6.33 Å². The second kappa shape index (κ2) is 8.83. The largest absolute Gasteiger partial charge is 0.497 e. The van der Waals surface area contributed by atoms with Gasteiger partial charge in [0.2, 0.25) is 5.88 Å². The Bertz CT molecular complexity index is 1100. The molecule has 0 saturated heterocycles. The molecule has 0 atom stereocenters. The van der Waals surface area contributed by atoms with Crippen molar-refractivity contribution in [3.8, 4) is 28.9 Å². The zero-order chi connectivity index (χ0) is 20.8. The minimum Gasteiger partial charge on any atom is -0.497 e. The van der Waals surface area contributed by atoms with Crippen molar-refractivity contribution in [2.75, 3.05) is 18.2 Å². The standard InChI is InChI=1S/C23H20N4O3/c1-28-17-11-13-20(14-12-17)30-23-21(24)22(25-15-26-23)27-16-7-9-19(10-8-16)29-18-5-3-2-4-6-18/h2-15H,24H2,1H3,(H,25,26,27). The highest BCUT2D eigenvalue weighted by Gasteiger charge is 2.11. The van der Waals surface area contributed by atoms with Crippen LogP contribution in [0.3, 0.4) is 0 Å². The number of nitrogen functional groups attached to an aromatic ring is 1. The molecule has 150 valence electrons. The lowest BCUT2D eigenvalue weighted by Gasteiger charge is -2.12. The molecule has 4 rings (SSSR count). The van der Waals surface area contributed by atoms with Crippen molar-refractivity contribution in [1.82, 2.24) is 9.97 Å². The maximum absolute atomic E-state index is 6.21. The Morgan fingerprint density at radius 2 is 1.30 bits per heavy atom. The first-order valence-electron chi connectivity index (χ1n) is 9.23. The lowest BCUT2D eigenvalue weighted by Crippen LogP contribution is -2.03. The van der Waals surface area contributed by atoms with Gasteiger partial charge >= 0.3 is 0 Å². The molecule has 30 heavy (non-hydrogen) atoms. The number of benzene rings is 3. The molecule has 1 heterocycles. The topological polar surface area (TPSA) is 91.5 Å². The van der Waals surface area contributed by atoms with Gasteiger partial charge in [0.1, 0.15) is 35.0 Å². The quantitative estimate of drug-likeness (QED) is 0.429. The van der Waals surface area contributed by atoms with Crippen LogP contribution in [-0.4, -0.2) is 17.1 Å². The van der Waals surface area contributed by atoms with E-state index < -0.39 is 0 Å². The van der Waals surface area contributed by atoms with Gasteiger partial charge in [-0.2, -0.15) is 4.98 Å². The molecular formula is C23H20N4O3. The minimum atomic E-state index is 0.265. The molecule has 0 aliphatic rings. The Hall–Kier alpha value is -4.26. The molecule has 0 unspecified atom stereocenters. The number of hydrogen-bond donors (Lipinski definition) is 2. The van der Waals surface area contributed by atoms with E-state index in [1.807, 2.05) is 54.6 Å². The van der Waals surface area contributed by atoms with E-state index in [-0.39, 0.29) is 5.88 Å². The van der Waals surface area contributed by atoms with Crippen molar-refractivity contribution in [3.05, 3.63) is 85.2 Å². The first-order valence-corrected chi connectivity index (χ1v) is 9.23. The number of nitrogens with two attached hydrogens (primary N) is 1. The Morgan fingerprint density at radius 1 is 0.700 bits per heavy atom. The van der Waals surface area contributed by atoms with Crippen molar-refractivity contribution in [1.29, 1.82) is 0 Å². The summed E-state index contributed by atoms with van der Waals surface area (Å²) >= 11 is 0. The fourth-order valence-corrected chi connectivity index (χ4v) is 2.68. The van der Waals surface area contributed by atoms with Crippen LogP contribution >= 0.6 is 0 Å². The number of nitrogens with one attached hydrogen (secondary N) is 1. The molecule has 3 N–H and O–H groups in total. The van der Waals surface area contributed by atoms with Gasteiger partial charge in [0, 0.05) is 5.69 Å². The number of anilines is 3. The van der Waals surface area contributed by atoms with Gasteiger partial charge in [0.25, 0.3) is 0 Å². The van der Waals surface area contributed by atoms with Crippen LogP contribution in [0.2, 0.25) is 0 Å². The molecule has 7 nitrogen and oxygen atoms in total. The molecule has 4 aromatic rings. The van der Waals surface area contributed by atoms with Crippen molar-refractivity contribution in [3.63, 3.8) is 0 Å². The van der Waals surface area contributed by atoms with Crippen LogP contribution in [0, 0.1) is 0 Å². The summed E-state index contributed by atoms with van der Waals surface area (Å²) in [6.45, 7) is 0. The van der Waals surface area contributed by atoms with Gasteiger partial charge < -0.3 is 25.3 Å². The van der Waals surface area contributed by atoms with E-state index in [9.17, 15) is 0 Å². The summed E-state index contributed by atoms with van der Waals surface area (Å²) in [4.78, 5) is 8.34. The Labute approximate surface area is 174 Å². The number of rotatable bonds is 7. The third-order valence-electron chi connectivity index (χ3n) is 4.22. The molecule has 0 radical (unpaired) electrons. The Morgan fingerprint density at radius 3 is 2.00 bits per heavy atom. The van der Waals surface area contributed by atoms with Crippen LogP contribution in [0.5, 0.6) is 28.9 Å². The SMILES string of the molecule is COc1ccc(Oc2ncnc(Nc3ccc(Oc4ccccc4)cc3)c2N)cc1. The number of ether oxygens (including phenoxy) is 3. The summed E-state index contributed by atoms with van der Waals surface area (Å²) in [6.07, 6.45) is 1.39. The molecule has 0 spiro atoms. The molecule has 1 aromatic heterocycles. The number of nitrogens with zero attached hydrogens (tertiary/aromatic N) is 2. The summed E-state index contributed by atoms with van der Waals surface area (Å²) < 4.78 is 16.7. The van der Waals surface area contributed by atoms with Crippen LogP contribution in [0.15, 0.2) is 85.2 Å². The Balaban J connectivity index is 1.46. The predicted molar refractivity (Wildman–Crippen MR) is 116 cm³/mol. The van der Waals surface area contributed by atoms with E-state index in [4.69, 9.17) is 19.9 Å². The van der Waals surface area contributed by atoms with Gasteiger partial charge in [-0.15, -0.1) is 0 Å². The summed E-state index contributed by atoms with van der Waals surface area (Å²) in [5.41, 5.74) is 7.31. The smallest absolute Gasteiger partial charge is 0.248 e. The van der Waals surface area contributed by atoms with Gasteiger partial charge in [-0.3, -0.25) is 0 Å². The lowest BCUT2D eigenvalue weighted by molar-refractivity contribution is 0.412. The Kier molecular flexibility index (Phi) is 5.61. The molecule has 0 fully saturated rings. The van der Waals surface area contributed by atoms with Crippen LogP contribution in [0.1, 0.15) is 0 Å². The highest BCUT2D eigenvalue weighted by molar-refractivity contribution is 5.72. The van der Waals surface area contributed by atoms with E-state index in [0.717, 1.165) is 22.9 Å². The summed E-state index contributed by atoms with van der Waals surface area (Å²) in [5.74, 6) is 3.55. The minimum absolute atomic E-state index is 0.265. The fourth-order valence-electron chi connectivity index (χ4n) is 2.68. The van der Waals surface area contributed by atoms with Gasteiger partial charge in [0.15, 0.2) is 5.82 Å². The molecule has 7 heteroatoms. The summed E-state index contributed by atoms with van der Waals surface area (Å²) in [6, 6.07) is 24.2. The molecule has 3 aromatic carbocycles. The molecule has 0 amide bonds. The average molecular weight is 400 g/mol. The van der Waals surface area contributed by atoms with Crippen LogP contribution in [-0.2, 0) is 0 Å². The molecular weight excluding hydrogens is 380 g/mol. The predicted octanol–water partition coefficient (Wildman–Crippen LogP) is 5.40. The van der Waals surface area contributed by atoms with Gasteiger partial charge in [-0.25, -0.2) is 4.98 Å². The highest BCUT2D eigenvalue weighted by atomic mass is 16.5. The van der Waals surface area contributed by atoms with Crippen LogP contribution in [0.4, 0.5) is 17.2 Å². The van der Waals surface area contributed by atoms with Crippen molar-refractivity contribution in [2.24, 2.45) is 0 Å². The fraction of sp³-hybridized carbons (Fsp3) is 0.0435. The van der Waals surface area contributed by atoms with Crippen LogP contribution < -0.4 is 25.3 Å². The second-order valence-corrected chi connectivity index (χ2v) is 6.28. The van der Waals surface area contributed by atoms with Gasteiger partial charge in [-0.1, -0.05) is 18.2 Å². The molecule has 0 bridgehead atoms. The third kappa shape index (κ3) is 4.59. The first-order chi connectivity index (χ1) is 14.7. The normalized spacial score (nSPS) is 10.3. The van der Waals surface area contributed by atoms with Gasteiger partial charge in [0.05, 0.1) is 7.11 Å². The maximum Gasteiger partial charge on any atom is 0.248 e. The van der Waals surface area contributed by atoms with Gasteiger partial charge in [-0.05, 0) is 60.7 Å². The van der Waals surface area contributed by atoms with E-state index in [2.05, 4.69) is 15.3 Å². The third-order valence-corrected chi connectivity index (χ3v) is 4.22.